The zero-order valence-corrected chi connectivity index (χ0v) is 16.8. The Bertz CT molecular complexity index is 949. The summed E-state index contributed by atoms with van der Waals surface area (Å²) < 4.78 is 11.1. The number of ether oxygens (including phenoxy) is 2. The monoisotopic (exact) mass is 410 g/mol. The second-order valence-corrected chi connectivity index (χ2v) is 7.54. The summed E-state index contributed by atoms with van der Waals surface area (Å²) >= 11 is 6.04. The van der Waals surface area contributed by atoms with Gasteiger partial charge in [0.05, 0.1) is 13.2 Å². The van der Waals surface area contributed by atoms with Crippen molar-refractivity contribution < 1.29 is 14.3 Å². The van der Waals surface area contributed by atoms with Crippen molar-refractivity contribution in [1.29, 1.82) is 0 Å². The third-order valence-electron chi connectivity index (χ3n) is 4.86. The molecule has 150 valence electrons. The molecule has 5 nitrogen and oxygen atoms in total. The minimum atomic E-state index is -0.175. The highest BCUT2D eigenvalue weighted by atomic mass is 35.5. The Hall–Kier alpha value is -2.60. The van der Waals surface area contributed by atoms with Crippen LogP contribution in [0.3, 0.4) is 0 Å². The number of nitrogens with zero attached hydrogens (tertiary/aromatic N) is 1. The number of fused-ring (bicyclic) bond motifs is 1. The molecule has 2 aromatic rings. The van der Waals surface area contributed by atoms with Crippen LogP contribution in [0.1, 0.15) is 11.1 Å². The van der Waals surface area contributed by atoms with E-state index in [1.54, 1.807) is 12.1 Å². The number of halogens is 1. The summed E-state index contributed by atoms with van der Waals surface area (Å²) in [6.45, 7) is 4.70. The van der Waals surface area contributed by atoms with Crippen molar-refractivity contribution in [1.82, 2.24) is 4.90 Å². The standard InChI is InChI=1S/C23H23ClN2O3/c24-20-5-6-22-19(14-20)12-18(16-29-22)4-7-23(27)25-21-3-1-2-17(13-21)15-26-8-10-28-11-9-26/h1-7,12-14H,8-11,15-16H2,(H,25,27)/b7-4+. The Morgan fingerprint density at radius 1 is 1.17 bits per heavy atom. The largest absolute Gasteiger partial charge is 0.488 e. The van der Waals surface area contributed by atoms with Gasteiger partial charge < -0.3 is 14.8 Å². The first-order valence-electron chi connectivity index (χ1n) is 9.67. The number of morpholine rings is 1. The van der Waals surface area contributed by atoms with Gasteiger partial charge in [-0.15, -0.1) is 0 Å². The Kier molecular flexibility index (Phi) is 6.30. The summed E-state index contributed by atoms with van der Waals surface area (Å²) in [5.41, 5.74) is 3.79. The fourth-order valence-corrected chi connectivity index (χ4v) is 3.57. The second kappa shape index (κ2) is 9.27. The number of amides is 1. The van der Waals surface area contributed by atoms with Crippen LogP contribution < -0.4 is 10.1 Å². The number of benzene rings is 2. The van der Waals surface area contributed by atoms with E-state index < -0.39 is 0 Å². The molecule has 0 saturated carbocycles. The van der Waals surface area contributed by atoms with Crippen molar-refractivity contribution in [2.45, 2.75) is 6.54 Å². The Balaban J connectivity index is 1.36. The normalized spacial score (nSPS) is 16.8. The SMILES string of the molecule is O=C(/C=C/C1=Cc2cc(Cl)ccc2OC1)Nc1cccc(CN2CCOCC2)c1. The van der Waals surface area contributed by atoms with E-state index in [-0.39, 0.29) is 5.91 Å². The topological polar surface area (TPSA) is 50.8 Å². The maximum Gasteiger partial charge on any atom is 0.248 e. The van der Waals surface area contributed by atoms with Crippen LogP contribution in [-0.2, 0) is 16.1 Å². The molecule has 29 heavy (non-hydrogen) atoms. The highest BCUT2D eigenvalue weighted by molar-refractivity contribution is 6.30. The Morgan fingerprint density at radius 3 is 2.90 bits per heavy atom. The van der Waals surface area contributed by atoms with Crippen LogP contribution in [0.25, 0.3) is 6.08 Å². The van der Waals surface area contributed by atoms with Gasteiger partial charge in [-0.25, -0.2) is 0 Å². The number of rotatable bonds is 5. The highest BCUT2D eigenvalue weighted by Gasteiger charge is 2.12. The van der Waals surface area contributed by atoms with E-state index in [9.17, 15) is 4.79 Å². The predicted octanol–water partition coefficient (Wildman–Crippen LogP) is 4.14. The summed E-state index contributed by atoms with van der Waals surface area (Å²) in [6, 6.07) is 13.5. The molecule has 0 atom stereocenters. The Morgan fingerprint density at radius 2 is 2.03 bits per heavy atom. The van der Waals surface area contributed by atoms with Crippen LogP contribution in [-0.4, -0.2) is 43.7 Å². The predicted molar refractivity (Wildman–Crippen MR) is 115 cm³/mol. The number of hydrogen-bond acceptors (Lipinski definition) is 4. The number of carbonyl (C=O) groups is 1. The molecule has 1 fully saturated rings. The summed E-state index contributed by atoms with van der Waals surface area (Å²) in [7, 11) is 0. The van der Waals surface area contributed by atoms with E-state index in [1.165, 1.54) is 11.6 Å². The molecule has 0 unspecified atom stereocenters. The zero-order chi connectivity index (χ0) is 20.1. The smallest absolute Gasteiger partial charge is 0.248 e. The van der Waals surface area contributed by atoms with Crippen LogP contribution >= 0.6 is 11.6 Å². The second-order valence-electron chi connectivity index (χ2n) is 7.10. The van der Waals surface area contributed by atoms with Crippen LogP contribution in [0.15, 0.2) is 60.2 Å². The Labute approximate surface area is 175 Å². The molecular weight excluding hydrogens is 388 g/mol. The van der Waals surface area contributed by atoms with E-state index in [0.717, 1.165) is 55.4 Å². The van der Waals surface area contributed by atoms with Gasteiger partial charge in [0.2, 0.25) is 5.91 Å². The number of hydrogen-bond donors (Lipinski definition) is 1. The van der Waals surface area contributed by atoms with Crippen molar-refractivity contribution in [2.24, 2.45) is 0 Å². The number of carbonyl (C=O) groups excluding carboxylic acids is 1. The van der Waals surface area contributed by atoms with Crippen LogP contribution in [0.5, 0.6) is 5.75 Å². The molecule has 1 saturated heterocycles. The molecule has 2 aliphatic rings. The van der Waals surface area contributed by atoms with Gasteiger partial charge >= 0.3 is 0 Å². The lowest BCUT2D eigenvalue weighted by Crippen LogP contribution is -2.35. The minimum absolute atomic E-state index is 0.175. The van der Waals surface area contributed by atoms with E-state index in [0.29, 0.717) is 11.6 Å². The molecule has 0 aromatic heterocycles. The maximum atomic E-state index is 12.3. The summed E-state index contributed by atoms with van der Waals surface area (Å²) in [6.07, 6.45) is 5.29. The first-order chi connectivity index (χ1) is 14.2. The first kappa shape index (κ1) is 19.7. The van der Waals surface area contributed by atoms with Gasteiger partial charge in [-0.05, 0) is 47.5 Å². The summed E-state index contributed by atoms with van der Waals surface area (Å²) in [5.74, 6) is 0.624. The molecule has 0 aliphatic carbocycles. The van der Waals surface area contributed by atoms with Crippen molar-refractivity contribution in [3.05, 3.63) is 76.3 Å². The summed E-state index contributed by atoms with van der Waals surface area (Å²) in [5, 5.41) is 3.59. The molecule has 0 bridgehead atoms. The zero-order valence-electron chi connectivity index (χ0n) is 16.1. The van der Waals surface area contributed by atoms with E-state index in [1.807, 2.05) is 36.4 Å². The van der Waals surface area contributed by atoms with Gasteiger partial charge in [0.25, 0.3) is 0 Å². The summed E-state index contributed by atoms with van der Waals surface area (Å²) in [4.78, 5) is 14.7. The fourth-order valence-electron chi connectivity index (χ4n) is 3.39. The van der Waals surface area contributed by atoms with Crippen molar-refractivity contribution in [3.63, 3.8) is 0 Å². The molecule has 2 aliphatic heterocycles. The molecule has 1 N–H and O–H groups in total. The average Bonchev–Trinajstić information content (AvgIpc) is 2.73. The van der Waals surface area contributed by atoms with Crippen LogP contribution in [0, 0.1) is 0 Å². The third-order valence-corrected chi connectivity index (χ3v) is 5.10. The van der Waals surface area contributed by atoms with Gasteiger partial charge in [-0.1, -0.05) is 29.8 Å². The van der Waals surface area contributed by atoms with Crippen LogP contribution in [0.4, 0.5) is 5.69 Å². The van der Waals surface area contributed by atoms with Gasteiger partial charge in [0, 0.05) is 42.0 Å². The van der Waals surface area contributed by atoms with E-state index in [2.05, 4.69) is 16.3 Å². The third kappa shape index (κ3) is 5.48. The fraction of sp³-hybridized carbons (Fsp3) is 0.261. The molecular formula is C23H23ClN2O3. The van der Waals surface area contributed by atoms with Gasteiger partial charge in [0.15, 0.2) is 0 Å². The van der Waals surface area contributed by atoms with E-state index >= 15 is 0 Å². The van der Waals surface area contributed by atoms with Crippen LogP contribution in [0.2, 0.25) is 5.02 Å². The first-order valence-corrected chi connectivity index (χ1v) is 10.0. The molecule has 2 aromatic carbocycles. The maximum absolute atomic E-state index is 12.3. The highest BCUT2D eigenvalue weighted by Crippen LogP contribution is 2.29. The molecule has 1 amide bonds. The lowest BCUT2D eigenvalue weighted by Gasteiger charge is -2.26. The minimum Gasteiger partial charge on any atom is -0.488 e. The van der Waals surface area contributed by atoms with E-state index in [4.69, 9.17) is 21.1 Å². The van der Waals surface area contributed by atoms with Gasteiger partial charge in [0.1, 0.15) is 12.4 Å². The molecule has 0 spiro atoms. The van der Waals surface area contributed by atoms with Gasteiger partial charge in [-0.2, -0.15) is 0 Å². The van der Waals surface area contributed by atoms with Crippen molar-refractivity contribution in [3.8, 4) is 5.75 Å². The number of anilines is 1. The van der Waals surface area contributed by atoms with Crippen molar-refractivity contribution in [2.75, 3.05) is 38.2 Å². The van der Waals surface area contributed by atoms with Crippen molar-refractivity contribution >= 4 is 29.3 Å². The molecule has 6 heteroatoms. The molecule has 2 heterocycles. The quantitative estimate of drug-likeness (QED) is 0.752. The average molecular weight is 411 g/mol. The van der Waals surface area contributed by atoms with Gasteiger partial charge in [-0.3, -0.25) is 9.69 Å². The molecule has 0 radical (unpaired) electrons. The lowest BCUT2D eigenvalue weighted by atomic mass is 10.1. The lowest BCUT2D eigenvalue weighted by molar-refractivity contribution is -0.111. The molecule has 4 rings (SSSR count). The number of nitrogens with one attached hydrogen (secondary N) is 1.